The van der Waals surface area contributed by atoms with Gasteiger partial charge in [0, 0.05) is 23.5 Å². The number of hydrogen-bond acceptors (Lipinski definition) is 8. The molecule has 1 atom stereocenters. The molecule has 0 spiro atoms. The highest BCUT2D eigenvalue weighted by atomic mass is 19.3. The number of piperidine rings is 1. The van der Waals surface area contributed by atoms with Crippen molar-refractivity contribution < 1.29 is 18.3 Å². The van der Waals surface area contributed by atoms with Gasteiger partial charge in [0.1, 0.15) is 17.2 Å². The fraction of sp³-hybridized carbons (Fsp3) is 0.435. The standard InChI is InChI=1S/C23H27F2N7O2/c1-14-27-9-15(10-28-14)16-6-7-17-20(31-19(26)11-29-17)21(16)34-13-23(24,25)12-30-22(33)18-5-3-4-8-32(18)2/h6-7,9-11,18H,3-5,8,12-13H2,1-2H3,(H2,26,31)(H,30,33). The Morgan fingerprint density at radius 1 is 1.24 bits per heavy atom. The molecule has 1 aliphatic heterocycles. The number of carbonyl (C=O) groups is 1. The molecule has 3 heterocycles. The number of benzene rings is 1. The molecular weight excluding hydrogens is 444 g/mol. The van der Waals surface area contributed by atoms with Crippen molar-refractivity contribution in [2.45, 2.75) is 38.2 Å². The number of ether oxygens (including phenoxy) is 1. The fourth-order valence-corrected chi connectivity index (χ4v) is 3.94. The molecular formula is C23H27F2N7O2. The van der Waals surface area contributed by atoms with Crippen LogP contribution >= 0.6 is 0 Å². The Bertz CT molecular complexity index is 1170. The predicted octanol–water partition coefficient (Wildman–Crippen LogP) is 2.59. The van der Waals surface area contributed by atoms with Gasteiger partial charge in [-0.2, -0.15) is 0 Å². The second kappa shape index (κ2) is 9.80. The molecule has 0 saturated carbocycles. The summed E-state index contributed by atoms with van der Waals surface area (Å²) in [6.45, 7) is 0.711. The largest absolute Gasteiger partial charge is 0.484 e. The van der Waals surface area contributed by atoms with E-state index < -0.39 is 31.0 Å². The topological polar surface area (TPSA) is 119 Å². The maximum atomic E-state index is 14.8. The molecule has 1 aliphatic rings. The number of likely N-dealkylation sites (N-methyl/N-ethyl adjacent to an activating group) is 1. The minimum absolute atomic E-state index is 0.0998. The van der Waals surface area contributed by atoms with Crippen molar-refractivity contribution in [3.05, 3.63) is 36.5 Å². The van der Waals surface area contributed by atoms with Crippen molar-refractivity contribution in [3.8, 4) is 16.9 Å². The summed E-state index contributed by atoms with van der Waals surface area (Å²) < 4.78 is 35.2. The molecule has 3 aromatic rings. The molecule has 1 saturated heterocycles. The third-order valence-corrected chi connectivity index (χ3v) is 5.80. The van der Waals surface area contributed by atoms with E-state index in [9.17, 15) is 13.6 Å². The third kappa shape index (κ3) is 5.36. The van der Waals surface area contributed by atoms with Crippen LogP contribution < -0.4 is 15.8 Å². The van der Waals surface area contributed by atoms with Crippen LogP contribution in [0, 0.1) is 6.92 Å². The first-order valence-corrected chi connectivity index (χ1v) is 11.1. The Kier molecular flexibility index (Phi) is 6.82. The monoisotopic (exact) mass is 471 g/mol. The maximum absolute atomic E-state index is 14.8. The number of fused-ring (bicyclic) bond motifs is 1. The number of carbonyl (C=O) groups excluding carboxylic acids is 1. The number of anilines is 1. The van der Waals surface area contributed by atoms with E-state index in [2.05, 4.69) is 25.3 Å². The summed E-state index contributed by atoms with van der Waals surface area (Å²) >= 11 is 0. The number of nitrogens with two attached hydrogens (primary N) is 1. The van der Waals surface area contributed by atoms with Crippen molar-refractivity contribution >= 4 is 22.8 Å². The lowest BCUT2D eigenvalue weighted by Crippen LogP contribution is -2.50. The van der Waals surface area contributed by atoms with Crippen LogP contribution in [0.3, 0.4) is 0 Å². The zero-order chi connectivity index (χ0) is 24.3. The second-order valence-corrected chi connectivity index (χ2v) is 8.48. The Balaban J connectivity index is 1.54. The first kappa shape index (κ1) is 23.7. The Morgan fingerprint density at radius 2 is 2.00 bits per heavy atom. The number of aryl methyl sites for hydroxylation is 1. The molecule has 0 aliphatic carbocycles. The summed E-state index contributed by atoms with van der Waals surface area (Å²) in [6.07, 6.45) is 7.09. The Labute approximate surface area is 195 Å². The number of nitrogens with zero attached hydrogens (tertiary/aromatic N) is 5. The van der Waals surface area contributed by atoms with Gasteiger partial charge >= 0.3 is 0 Å². The molecule has 180 valence electrons. The van der Waals surface area contributed by atoms with E-state index in [0.29, 0.717) is 28.9 Å². The number of nitrogens with one attached hydrogen (secondary N) is 1. The number of amides is 1. The van der Waals surface area contributed by atoms with Crippen molar-refractivity contribution in [1.29, 1.82) is 0 Å². The van der Waals surface area contributed by atoms with Crippen LogP contribution in [0.1, 0.15) is 25.1 Å². The zero-order valence-corrected chi connectivity index (χ0v) is 19.1. The molecule has 9 nitrogen and oxygen atoms in total. The van der Waals surface area contributed by atoms with Crippen molar-refractivity contribution in [2.24, 2.45) is 0 Å². The molecule has 34 heavy (non-hydrogen) atoms. The number of halogens is 2. The van der Waals surface area contributed by atoms with Gasteiger partial charge in [0.2, 0.25) is 5.91 Å². The highest BCUT2D eigenvalue weighted by Gasteiger charge is 2.34. The minimum atomic E-state index is -3.32. The molecule has 1 unspecified atom stereocenters. The average Bonchev–Trinajstić information content (AvgIpc) is 2.82. The minimum Gasteiger partial charge on any atom is -0.484 e. The van der Waals surface area contributed by atoms with Crippen LogP contribution in [0.4, 0.5) is 14.6 Å². The first-order chi connectivity index (χ1) is 16.2. The highest BCUT2D eigenvalue weighted by molar-refractivity contribution is 5.90. The van der Waals surface area contributed by atoms with Crippen LogP contribution in [0.25, 0.3) is 22.2 Å². The van der Waals surface area contributed by atoms with Crippen molar-refractivity contribution in [1.82, 2.24) is 30.2 Å². The quantitative estimate of drug-likeness (QED) is 0.540. The molecule has 1 aromatic carbocycles. The van der Waals surface area contributed by atoms with Crippen LogP contribution in [0.5, 0.6) is 5.75 Å². The molecule has 0 bridgehead atoms. The highest BCUT2D eigenvalue weighted by Crippen LogP contribution is 2.36. The van der Waals surface area contributed by atoms with Gasteiger partial charge in [-0.3, -0.25) is 14.7 Å². The van der Waals surface area contributed by atoms with Crippen molar-refractivity contribution in [2.75, 3.05) is 32.5 Å². The number of likely N-dealkylation sites (tertiary alicyclic amines) is 1. The van der Waals surface area contributed by atoms with Crippen LogP contribution in [0.2, 0.25) is 0 Å². The Morgan fingerprint density at radius 3 is 2.74 bits per heavy atom. The zero-order valence-electron chi connectivity index (χ0n) is 19.1. The molecule has 1 amide bonds. The van der Waals surface area contributed by atoms with Gasteiger partial charge in [0.25, 0.3) is 5.92 Å². The summed E-state index contributed by atoms with van der Waals surface area (Å²) in [7, 11) is 1.83. The molecule has 4 rings (SSSR count). The van der Waals surface area contributed by atoms with Gasteiger partial charge in [0.05, 0.1) is 24.3 Å². The lowest BCUT2D eigenvalue weighted by atomic mass is 10.0. The van der Waals surface area contributed by atoms with Crippen LogP contribution in [0.15, 0.2) is 30.7 Å². The van der Waals surface area contributed by atoms with Crippen LogP contribution in [-0.4, -0.2) is 69.5 Å². The van der Waals surface area contributed by atoms with E-state index in [1.54, 1.807) is 31.5 Å². The number of hydrogen-bond donors (Lipinski definition) is 2. The number of aromatic nitrogens is 4. The van der Waals surface area contributed by atoms with E-state index in [1.807, 2.05) is 11.9 Å². The first-order valence-electron chi connectivity index (χ1n) is 11.1. The van der Waals surface area contributed by atoms with Gasteiger partial charge in [-0.05, 0) is 45.5 Å². The van der Waals surface area contributed by atoms with Crippen LogP contribution in [-0.2, 0) is 4.79 Å². The van der Waals surface area contributed by atoms with E-state index in [-0.39, 0.29) is 17.1 Å². The van der Waals surface area contributed by atoms with E-state index in [1.165, 1.54) is 6.20 Å². The van der Waals surface area contributed by atoms with Gasteiger partial charge in [-0.15, -0.1) is 0 Å². The SMILES string of the molecule is Cc1ncc(-c2ccc3ncc(N)nc3c2OCC(F)(F)CNC(=O)C2CCCCN2C)cn1. The lowest BCUT2D eigenvalue weighted by molar-refractivity contribution is -0.129. The van der Waals surface area contributed by atoms with Gasteiger partial charge < -0.3 is 15.8 Å². The molecule has 11 heteroatoms. The van der Waals surface area contributed by atoms with Gasteiger partial charge in [-0.25, -0.2) is 23.7 Å². The second-order valence-electron chi connectivity index (χ2n) is 8.48. The lowest BCUT2D eigenvalue weighted by Gasteiger charge is -2.31. The Hall–Kier alpha value is -3.47. The average molecular weight is 472 g/mol. The maximum Gasteiger partial charge on any atom is 0.298 e. The summed E-state index contributed by atoms with van der Waals surface area (Å²) in [6, 6.07) is 2.99. The van der Waals surface area contributed by atoms with E-state index in [4.69, 9.17) is 10.5 Å². The van der Waals surface area contributed by atoms with Crippen molar-refractivity contribution in [3.63, 3.8) is 0 Å². The fourth-order valence-electron chi connectivity index (χ4n) is 3.94. The number of nitrogen functional groups attached to an aromatic ring is 1. The summed E-state index contributed by atoms with van der Waals surface area (Å²) in [5.74, 6) is -2.92. The molecule has 3 N–H and O–H groups in total. The summed E-state index contributed by atoms with van der Waals surface area (Å²) in [5.41, 5.74) is 7.54. The summed E-state index contributed by atoms with van der Waals surface area (Å²) in [4.78, 5) is 31.1. The molecule has 0 radical (unpaired) electrons. The van der Waals surface area contributed by atoms with E-state index in [0.717, 1.165) is 19.4 Å². The molecule has 1 fully saturated rings. The number of rotatable bonds is 7. The summed E-state index contributed by atoms with van der Waals surface area (Å²) in [5, 5.41) is 2.38. The predicted molar refractivity (Wildman–Crippen MR) is 123 cm³/mol. The molecule has 2 aromatic heterocycles. The van der Waals surface area contributed by atoms with Gasteiger partial charge in [-0.1, -0.05) is 6.42 Å². The van der Waals surface area contributed by atoms with E-state index >= 15 is 0 Å². The third-order valence-electron chi connectivity index (χ3n) is 5.80. The number of alkyl halides is 2. The smallest absolute Gasteiger partial charge is 0.298 e. The van der Waals surface area contributed by atoms with Gasteiger partial charge in [0.15, 0.2) is 12.4 Å². The normalized spacial score (nSPS) is 17.0.